The number of rotatable bonds is 7. The topological polar surface area (TPSA) is 47.6 Å². The van der Waals surface area contributed by atoms with Gasteiger partial charge in [-0.2, -0.15) is 0 Å². The fourth-order valence-corrected chi connectivity index (χ4v) is 3.58. The number of thioether (sulfide) groups is 1. The predicted octanol–water partition coefficient (Wildman–Crippen LogP) is 4.99. The number of thiocarbonyl (C=S) groups is 1. The molecule has 1 aliphatic rings. The number of hydrogen-bond donors (Lipinski definition) is 1. The van der Waals surface area contributed by atoms with Crippen molar-refractivity contribution in [1.82, 2.24) is 5.32 Å². The van der Waals surface area contributed by atoms with E-state index in [1.54, 1.807) is 6.08 Å². The number of ether oxygens (including phenoxy) is 2. The molecule has 0 atom stereocenters. The third-order valence-electron chi connectivity index (χ3n) is 3.79. The zero-order chi connectivity index (χ0) is 19.2. The average molecular weight is 420 g/mol. The summed E-state index contributed by atoms with van der Waals surface area (Å²) >= 11 is 12.3. The van der Waals surface area contributed by atoms with E-state index >= 15 is 0 Å². The van der Waals surface area contributed by atoms with Crippen molar-refractivity contribution in [2.75, 3.05) is 13.2 Å². The van der Waals surface area contributed by atoms with Gasteiger partial charge in [-0.25, -0.2) is 0 Å². The minimum Gasteiger partial charge on any atom is -0.493 e. The van der Waals surface area contributed by atoms with Crippen LogP contribution in [0.15, 0.2) is 47.4 Å². The number of halogens is 1. The zero-order valence-electron chi connectivity index (χ0n) is 14.7. The van der Waals surface area contributed by atoms with Crippen molar-refractivity contribution in [2.24, 2.45) is 0 Å². The fraction of sp³-hybridized carbons (Fsp3) is 0.200. The first-order chi connectivity index (χ1) is 13.0. The second kappa shape index (κ2) is 9.26. The first kappa shape index (κ1) is 19.7. The molecule has 140 valence electrons. The normalized spacial score (nSPS) is 15.1. The number of para-hydroxylation sites is 1. The van der Waals surface area contributed by atoms with Gasteiger partial charge in [-0.1, -0.05) is 53.8 Å². The molecule has 0 aliphatic carbocycles. The monoisotopic (exact) mass is 419 g/mol. The van der Waals surface area contributed by atoms with Gasteiger partial charge in [-0.3, -0.25) is 4.79 Å². The van der Waals surface area contributed by atoms with Gasteiger partial charge >= 0.3 is 0 Å². The summed E-state index contributed by atoms with van der Waals surface area (Å²) in [4.78, 5) is 12.4. The van der Waals surface area contributed by atoms with Crippen LogP contribution in [0.25, 0.3) is 6.08 Å². The Hall–Kier alpha value is -2.02. The Morgan fingerprint density at radius 2 is 1.96 bits per heavy atom. The summed E-state index contributed by atoms with van der Waals surface area (Å²) < 4.78 is 12.1. The van der Waals surface area contributed by atoms with Crippen LogP contribution in [0.5, 0.6) is 11.5 Å². The minimum atomic E-state index is -0.175. The maximum Gasteiger partial charge on any atom is 0.263 e. The fourth-order valence-electron chi connectivity index (χ4n) is 2.43. The van der Waals surface area contributed by atoms with Gasteiger partial charge in [0.25, 0.3) is 5.91 Å². The van der Waals surface area contributed by atoms with E-state index in [0.29, 0.717) is 22.4 Å². The summed E-state index contributed by atoms with van der Waals surface area (Å²) in [6, 6.07) is 13.2. The molecule has 0 radical (unpaired) electrons. The van der Waals surface area contributed by atoms with E-state index in [-0.39, 0.29) is 5.91 Å². The number of aryl methyl sites for hydroxylation is 1. The molecule has 1 fully saturated rings. The van der Waals surface area contributed by atoms with Crippen LogP contribution in [0.3, 0.4) is 0 Å². The SMILES string of the molecule is Cc1cc(OCCCOc2ccccc2/C=C2/SC(=S)NC2=O)ccc1Cl. The van der Waals surface area contributed by atoms with E-state index in [0.717, 1.165) is 34.1 Å². The summed E-state index contributed by atoms with van der Waals surface area (Å²) in [5, 5.41) is 3.34. The van der Waals surface area contributed by atoms with Gasteiger partial charge < -0.3 is 14.8 Å². The van der Waals surface area contributed by atoms with Crippen LogP contribution < -0.4 is 14.8 Å². The van der Waals surface area contributed by atoms with Crippen molar-refractivity contribution in [2.45, 2.75) is 13.3 Å². The summed E-state index contributed by atoms with van der Waals surface area (Å²) in [5.41, 5.74) is 1.83. The molecule has 0 spiro atoms. The summed E-state index contributed by atoms with van der Waals surface area (Å²) in [6.45, 7) is 2.99. The molecule has 0 aromatic heterocycles. The van der Waals surface area contributed by atoms with Gasteiger partial charge in [0.05, 0.1) is 18.1 Å². The van der Waals surface area contributed by atoms with Crippen molar-refractivity contribution in [1.29, 1.82) is 0 Å². The molecule has 3 rings (SSSR count). The molecule has 1 saturated heterocycles. The lowest BCUT2D eigenvalue weighted by Gasteiger charge is -2.11. The maximum atomic E-state index is 11.8. The van der Waals surface area contributed by atoms with Crippen LogP contribution in [-0.2, 0) is 4.79 Å². The second-order valence-corrected chi connectivity index (χ2v) is 7.98. The van der Waals surface area contributed by atoms with Crippen molar-refractivity contribution >= 4 is 51.9 Å². The van der Waals surface area contributed by atoms with Crippen LogP contribution in [-0.4, -0.2) is 23.4 Å². The number of carbonyl (C=O) groups excluding carboxylic acids is 1. The summed E-state index contributed by atoms with van der Waals surface area (Å²) in [5.74, 6) is 1.34. The Morgan fingerprint density at radius 3 is 2.70 bits per heavy atom. The van der Waals surface area contributed by atoms with Crippen LogP contribution in [0, 0.1) is 6.92 Å². The highest BCUT2D eigenvalue weighted by molar-refractivity contribution is 8.26. The molecule has 4 nitrogen and oxygen atoms in total. The van der Waals surface area contributed by atoms with E-state index in [1.165, 1.54) is 11.8 Å². The first-order valence-corrected chi connectivity index (χ1v) is 9.99. The van der Waals surface area contributed by atoms with Gasteiger partial charge in [0.15, 0.2) is 0 Å². The van der Waals surface area contributed by atoms with Gasteiger partial charge in [0.2, 0.25) is 0 Å². The van der Waals surface area contributed by atoms with E-state index in [9.17, 15) is 4.79 Å². The highest BCUT2D eigenvalue weighted by Gasteiger charge is 2.22. The van der Waals surface area contributed by atoms with Gasteiger partial charge in [-0.05, 0) is 42.8 Å². The molecule has 0 saturated carbocycles. The Morgan fingerprint density at radius 1 is 1.19 bits per heavy atom. The lowest BCUT2D eigenvalue weighted by atomic mass is 10.2. The molecule has 7 heteroatoms. The van der Waals surface area contributed by atoms with E-state index in [4.69, 9.17) is 33.3 Å². The van der Waals surface area contributed by atoms with Gasteiger partial charge in [-0.15, -0.1) is 0 Å². The second-order valence-electron chi connectivity index (χ2n) is 5.85. The van der Waals surface area contributed by atoms with Crippen LogP contribution in [0.4, 0.5) is 0 Å². The lowest BCUT2D eigenvalue weighted by Crippen LogP contribution is -2.17. The largest absolute Gasteiger partial charge is 0.493 e. The quantitative estimate of drug-likeness (QED) is 0.389. The smallest absolute Gasteiger partial charge is 0.263 e. The zero-order valence-corrected chi connectivity index (χ0v) is 17.0. The van der Waals surface area contributed by atoms with E-state index in [1.807, 2.05) is 49.4 Å². The van der Waals surface area contributed by atoms with E-state index in [2.05, 4.69) is 5.32 Å². The number of carbonyl (C=O) groups is 1. The molecule has 2 aromatic carbocycles. The molecule has 1 N–H and O–H groups in total. The van der Waals surface area contributed by atoms with Crippen molar-refractivity contribution in [3.63, 3.8) is 0 Å². The maximum absolute atomic E-state index is 11.8. The molecular formula is C20H18ClNO3S2. The Bertz CT molecular complexity index is 899. The van der Waals surface area contributed by atoms with Crippen molar-refractivity contribution in [3.05, 3.63) is 63.5 Å². The highest BCUT2D eigenvalue weighted by Crippen LogP contribution is 2.29. The molecule has 2 aromatic rings. The number of amides is 1. The van der Waals surface area contributed by atoms with Crippen LogP contribution in [0.2, 0.25) is 5.02 Å². The third kappa shape index (κ3) is 5.48. The first-order valence-electron chi connectivity index (χ1n) is 8.38. The van der Waals surface area contributed by atoms with Crippen molar-refractivity contribution in [3.8, 4) is 11.5 Å². The molecule has 1 aliphatic heterocycles. The van der Waals surface area contributed by atoms with Crippen molar-refractivity contribution < 1.29 is 14.3 Å². The summed E-state index contributed by atoms with van der Waals surface area (Å²) in [7, 11) is 0. The number of nitrogens with one attached hydrogen (secondary N) is 1. The van der Waals surface area contributed by atoms with Crippen LogP contribution >= 0.6 is 35.6 Å². The molecule has 1 amide bonds. The van der Waals surface area contributed by atoms with Crippen LogP contribution in [0.1, 0.15) is 17.5 Å². The molecule has 0 bridgehead atoms. The molecular weight excluding hydrogens is 402 g/mol. The molecule has 0 unspecified atom stereocenters. The van der Waals surface area contributed by atoms with Gasteiger partial charge in [0, 0.05) is 17.0 Å². The molecule has 27 heavy (non-hydrogen) atoms. The Kier molecular flexibility index (Phi) is 6.77. The average Bonchev–Trinajstić information content (AvgIpc) is 2.96. The number of benzene rings is 2. The lowest BCUT2D eigenvalue weighted by molar-refractivity contribution is -0.115. The highest BCUT2D eigenvalue weighted by atomic mass is 35.5. The third-order valence-corrected chi connectivity index (χ3v) is 5.38. The number of hydrogen-bond acceptors (Lipinski definition) is 5. The molecule has 1 heterocycles. The predicted molar refractivity (Wildman–Crippen MR) is 115 cm³/mol. The standard InChI is InChI=1S/C20H18ClNO3S2/c1-13-11-15(7-8-16(13)21)24-9-4-10-25-17-6-3-2-5-14(17)12-18-19(23)22-20(26)27-18/h2-3,5-8,11-12H,4,9-10H2,1H3,(H,22,23,26)/b18-12+. The Balaban J connectivity index is 1.53. The van der Waals surface area contributed by atoms with Gasteiger partial charge in [0.1, 0.15) is 15.8 Å². The Labute approximate surface area is 172 Å². The minimum absolute atomic E-state index is 0.175. The summed E-state index contributed by atoms with van der Waals surface area (Å²) in [6.07, 6.45) is 2.52. The van der Waals surface area contributed by atoms with E-state index < -0.39 is 0 Å².